The molecule has 7 nitrogen and oxygen atoms in total. The number of nitrogens with one attached hydrogen (secondary N) is 1. The van der Waals surface area contributed by atoms with Crippen molar-refractivity contribution in [3.63, 3.8) is 0 Å². The summed E-state index contributed by atoms with van der Waals surface area (Å²) in [5.41, 5.74) is 2.35. The number of ether oxygens (including phenoxy) is 1. The second-order valence-corrected chi connectivity index (χ2v) is 8.63. The Hall–Kier alpha value is -3.87. The molecule has 1 aliphatic heterocycles. The molecule has 0 saturated carbocycles. The van der Waals surface area contributed by atoms with Crippen LogP contribution in [-0.4, -0.2) is 55.0 Å². The lowest BCUT2D eigenvalue weighted by Gasteiger charge is -2.23. The van der Waals surface area contributed by atoms with Crippen LogP contribution in [0.3, 0.4) is 0 Å². The number of pyridine rings is 1. The van der Waals surface area contributed by atoms with Crippen LogP contribution in [0.5, 0.6) is 5.75 Å². The van der Waals surface area contributed by atoms with Crippen molar-refractivity contribution < 1.29 is 14.3 Å². The minimum Gasteiger partial charge on any atom is -0.497 e. The Morgan fingerprint density at radius 1 is 0.971 bits per heavy atom. The summed E-state index contributed by atoms with van der Waals surface area (Å²) >= 11 is 0. The van der Waals surface area contributed by atoms with Gasteiger partial charge in [0, 0.05) is 31.7 Å². The van der Waals surface area contributed by atoms with Gasteiger partial charge in [-0.25, -0.2) is 4.98 Å². The SMILES string of the molecule is CC[C@@H](C(=O)Nc1ccc(N2CCCN(C(=O)c3ccc(OC)cc3)CC2)nc1)c1ccccc1. The first-order valence-electron chi connectivity index (χ1n) is 12.1. The van der Waals surface area contributed by atoms with Gasteiger partial charge < -0.3 is 19.9 Å². The van der Waals surface area contributed by atoms with E-state index >= 15 is 0 Å². The average molecular weight is 473 g/mol. The number of methoxy groups -OCH3 is 1. The minimum absolute atomic E-state index is 0.0318. The fourth-order valence-electron chi connectivity index (χ4n) is 4.40. The first kappa shape index (κ1) is 24.3. The van der Waals surface area contributed by atoms with E-state index in [9.17, 15) is 9.59 Å². The van der Waals surface area contributed by atoms with Gasteiger partial charge in [0.1, 0.15) is 11.6 Å². The van der Waals surface area contributed by atoms with Crippen molar-refractivity contribution in [1.29, 1.82) is 0 Å². The van der Waals surface area contributed by atoms with E-state index in [1.54, 1.807) is 25.4 Å². The highest BCUT2D eigenvalue weighted by atomic mass is 16.5. The van der Waals surface area contributed by atoms with Crippen LogP contribution in [0, 0.1) is 0 Å². The molecule has 1 aromatic heterocycles. The Balaban J connectivity index is 1.35. The smallest absolute Gasteiger partial charge is 0.253 e. The molecule has 2 amide bonds. The van der Waals surface area contributed by atoms with E-state index in [1.165, 1.54) is 0 Å². The standard InChI is InChI=1S/C28H32N4O3/c1-3-25(21-8-5-4-6-9-21)27(33)30-23-12-15-26(29-20-23)31-16-7-17-32(19-18-31)28(34)22-10-13-24(35-2)14-11-22/h4-6,8-15,20,25H,3,7,16-19H2,1-2H3,(H,30,33)/t25-/m1/s1. The zero-order chi connectivity index (χ0) is 24.6. The molecule has 1 fully saturated rings. The maximum Gasteiger partial charge on any atom is 0.253 e. The number of anilines is 2. The van der Waals surface area contributed by atoms with Crippen LogP contribution in [0.4, 0.5) is 11.5 Å². The van der Waals surface area contributed by atoms with Gasteiger partial charge in [0.2, 0.25) is 5.91 Å². The van der Waals surface area contributed by atoms with E-state index < -0.39 is 0 Å². The van der Waals surface area contributed by atoms with Gasteiger partial charge >= 0.3 is 0 Å². The van der Waals surface area contributed by atoms with Gasteiger partial charge in [0.05, 0.1) is 24.9 Å². The van der Waals surface area contributed by atoms with Crippen molar-refractivity contribution in [3.8, 4) is 5.75 Å². The number of carbonyl (C=O) groups excluding carboxylic acids is 2. The van der Waals surface area contributed by atoms with Crippen LogP contribution >= 0.6 is 0 Å². The molecule has 3 aromatic rings. The Labute approximate surface area is 206 Å². The first-order valence-corrected chi connectivity index (χ1v) is 12.1. The molecule has 1 saturated heterocycles. The Bertz CT molecular complexity index is 1120. The van der Waals surface area contributed by atoms with Crippen LogP contribution in [-0.2, 0) is 4.79 Å². The van der Waals surface area contributed by atoms with Crippen molar-refractivity contribution in [2.24, 2.45) is 0 Å². The third-order valence-corrected chi connectivity index (χ3v) is 6.39. The van der Waals surface area contributed by atoms with Gasteiger partial charge in [-0.2, -0.15) is 0 Å². The quantitative estimate of drug-likeness (QED) is 0.545. The van der Waals surface area contributed by atoms with Crippen LogP contribution in [0.1, 0.15) is 41.6 Å². The molecule has 0 unspecified atom stereocenters. The van der Waals surface area contributed by atoms with Gasteiger partial charge in [-0.15, -0.1) is 0 Å². The van der Waals surface area contributed by atoms with E-state index in [-0.39, 0.29) is 17.7 Å². The molecule has 0 radical (unpaired) electrons. The monoisotopic (exact) mass is 472 g/mol. The van der Waals surface area contributed by atoms with E-state index in [0.717, 1.165) is 36.5 Å². The number of aromatic nitrogens is 1. The third-order valence-electron chi connectivity index (χ3n) is 6.39. The topological polar surface area (TPSA) is 74.8 Å². The minimum atomic E-state index is -0.198. The van der Waals surface area contributed by atoms with Gasteiger partial charge in [-0.1, -0.05) is 37.3 Å². The number of nitrogens with zero attached hydrogens (tertiary/aromatic N) is 3. The zero-order valence-electron chi connectivity index (χ0n) is 20.3. The molecule has 1 aliphatic rings. The summed E-state index contributed by atoms with van der Waals surface area (Å²) in [7, 11) is 1.61. The molecule has 1 atom stereocenters. The summed E-state index contributed by atoms with van der Waals surface area (Å²) in [6.07, 6.45) is 3.29. The lowest BCUT2D eigenvalue weighted by Crippen LogP contribution is -2.35. The predicted molar refractivity (Wildman–Crippen MR) is 138 cm³/mol. The Kier molecular flexibility index (Phi) is 7.98. The van der Waals surface area contributed by atoms with Gasteiger partial charge in [-0.3, -0.25) is 9.59 Å². The first-order chi connectivity index (χ1) is 17.1. The number of carbonyl (C=O) groups is 2. The van der Waals surface area contributed by atoms with E-state index in [1.807, 2.05) is 66.4 Å². The van der Waals surface area contributed by atoms with Crippen LogP contribution in [0.15, 0.2) is 72.9 Å². The second-order valence-electron chi connectivity index (χ2n) is 8.63. The molecule has 4 rings (SSSR count). The van der Waals surface area contributed by atoms with Crippen molar-refractivity contribution in [1.82, 2.24) is 9.88 Å². The molecular formula is C28H32N4O3. The second kappa shape index (κ2) is 11.5. The zero-order valence-corrected chi connectivity index (χ0v) is 20.3. The van der Waals surface area contributed by atoms with Crippen molar-refractivity contribution in [3.05, 3.63) is 84.1 Å². The van der Waals surface area contributed by atoms with E-state index in [4.69, 9.17) is 4.74 Å². The van der Waals surface area contributed by atoms with Crippen molar-refractivity contribution in [2.75, 3.05) is 43.5 Å². The van der Waals surface area contributed by atoms with Gasteiger partial charge in [-0.05, 0) is 54.8 Å². The summed E-state index contributed by atoms with van der Waals surface area (Å²) in [5.74, 6) is 1.38. The number of hydrogen-bond acceptors (Lipinski definition) is 5. The van der Waals surface area contributed by atoms with E-state index in [2.05, 4.69) is 15.2 Å². The highest BCUT2D eigenvalue weighted by Gasteiger charge is 2.22. The molecule has 1 N–H and O–H groups in total. The molecule has 182 valence electrons. The summed E-state index contributed by atoms with van der Waals surface area (Å²) < 4.78 is 5.18. The number of amides is 2. The Morgan fingerprint density at radius 3 is 2.40 bits per heavy atom. The summed E-state index contributed by atoms with van der Waals surface area (Å²) in [6.45, 7) is 4.86. The van der Waals surface area contributed by atoms with Crippen molar-refractivity contribution >= 4 is 23.3 Å². The van der Waals surface area contributed by atoms with Gasteiger partial charge in [0.25, 0.3) is 5.91 Å². The predicted octanol–water partition coefficient (Wildman–Crippen LogP) is 4.58. The number of benzene rings is 2. The molecule has 0 aliphatic carbocycles. The molecule has 0 spiro atoms. The number of rotatable bonds is 7. The van der Waals surface area contributed by atoms with E-state index in [0.29, 0.717) is 30.9 Å². The molecule has 7 heteroatoms. The maximum absolute atomic E-state index is 12.9. The van der Waals surface area contributed by atoms with Crippen LogP contribution in [0.25, 0.3) is 0 Å². The molecule has 2 heterocycles. The fraction of sp³-hybridized carbons (Fsp3) is 0.321. The molecule has 35 heavy (non-hydrogen) atoms. The largest absolute Gasteiger partial charge is 0.497 e. The maximum atomic E-state index is 12.9. The lowest BCUT2D eigenvalue weighted by molar-refractivity contribution is -0.117. The highest BCUT2D eigenvalue weighted by Crippen LogP contribution is 2.23. The third kappa shape index (κ3) is 5.98. The molecular weight excluding hydrogens is 440 g/mol. The number of hydrogen-bond donors (Lipinski definition) is 1. The van der Waals surface area contributed by atoms with Gasteiger partial charge in [0.15, 0.2) is 0 Å². The summed E-state index contributed by atoms with van der Waals surface area (Å²) in [5, 5.41) is 3.00. The molecule has 2 aromatic carbocycles. The van der Waals surface area contributed by atoms with Crippen LogP contribution in [0.2, 0.25) is 0 Å². The lowest BCUT2D eigenvalue weighted by atomic mass is 9.95. The normalized spacial score (nSPS) is 14.7. The Morgan fingerprint density at radius 2 is 1.74 bits per heavy atom. The summed E-state index contributed by atoms with van der Waals surface area (Å²) in [6, 6.07) is 20.9. The highest BCUT2D eigenvalue weighted by molar-refractivity contribution is 5.96. The van der Waals surface area contributed by atoms with Crippen LogP contribution < -0.4 is 15.0 Å². The molecule has 0 bridgehead atoms. The average Bonchev–Trinajstić information content (AvgIpc) is 3.16. The fourth-order valence-corrected chi connectivity index (χ4v) is 4.40. The summed E-state index contributed by atoms with van der Waals surface area (Å²) in [4.78, 5) is 34.4. The van der Waals surface area contributed by atoms with Crippen molar-refractivity contribution in [2.45, 2.75) is 25.7 Å².